The molecule has 0 aliphatic carbocycles. The number of imidazole rings is 1. The molecule has 0 amide bonds. The smallest absolute Gasteiger partial charge is 0.343 e. The first-order chi connectivity index (χ1) is 14.8. The van der Waals surface area contributed by atoms with Gasteiger partial charge in [0.25, 0.3) is 0 Å². The maximum Gasteiger partial charge on any atom is 0.343 e. The van der Waals surface area contributed by atoms with Crippen molar-refractivity contribution >= 4 is 22.7 Å². The summed E-state index contributed by atoms with van der Waals surface area (Å²) in [6.07, 6.45) is 1.38. The average molecular weight is 430 g/mol. The number of carbonyl (C=O) groups excluding carboxylic acids is 1. The van der Waals surface area contributed by atoms with Crippen LogP contribution in [0.4, 0.5) is 5.82 Å². The van der Waals surface area contributed by atoms with Crippen molar-refractivity contribution in [1.29, 1.82) is 0 Å². The Morgan fingerprint density at radius 3 is 2.74 bits per heavy atom. The van der Waals surface area contributed by atoms with Crippen LogP contribution in [-0.2, 0) is 17.8 Å². The summed E-state index contributed by atoms with van der Waals surface area (Å²) in [7, 11) is 1.46. The third-order valence-electron chi connectivity index (χ3n) is 4.80. The van der Waals surface area contributed by atoms with Crippen molar-refractivity contribution in [1.82, 2.24) is 14.1 Å². The number of benzene rings is 1. The molecule has 0 fully saturated rings. The van der Waals surface area contributed by atoms with E-state index in [4.69, 9.17) is 9.47 Å². The number of hydrogen-bond acceptors (Lipinski definition) is 8. The molecule has 1 N–H and O–H groups in total. The summed E-state index contributed by atoms with van der Waals surface area (Å²) < 4.78 is 13.0. The molecule has 1 unspecified atom stereocenters. The number of aliphatic hydroxyl groups is 1. The molecule has 0 saturated heterocycles. The van der Waals surface area contributed by atoms with Crippen LogP contribution in [0, 0.1) is 17.0 Å². The van der Waals surface area contributed by atoms with Crippen molar-refractivity contribution in [3.8, 4) is 5.75 Å². The molecule has 31 heavy (non-hydrogen) atoms. The topological polar surface area (TPSA) is 139 Å². The van der Waals surface area contributed by atoms with E-state index in [0.29, 0.717) is 17.1 Å². The fraction of sp³-hybridized carbons (Fsp3) is 0.350. The lowest BCUT2D eigenvalue weighted by atomic mass is 10.1. The van der Waals surface area contributed by atoms with Gasteiger partial charge in [0, 0.05) is 13.1 Å². The number of aliphatic hydroxyl groups excluding tert-OH is 1. The second kappa shape index (κ2) is 8.96. The first-order valence-corrected chi connectivity index (χ1v) is 9.49. The van der Waals surface area contributed by atoms with Gasteiger partial charge in [0.15, 0.2) is 5.82 Å². The van der Waals surface area contributed by atoms with E-state index in [2.05, 4.69) is 4.98 Å². The van der Waals surface area contributed by atoms with E-state index in [1.165, 1.54) is 23.9 Å². The number of aromatic nitrogens is 3. The Morgan fingerprint density at radius 1 is 1.35 bits per heavy atom. The molecule has 11 nitrogen and oxygen atoms in total. The summed E-state index contributed by atoms with van der Waals surface area (Å²) in [5.41, 5.74) is -0.228. The highest BCUT2D eigenvalue weighted by atomic mass is 16.6. The Hall–Kier alpha value is -3.73. The van der Waals surface area contributed by atoms with Crippen molar-refractivity contribution < 1.29 is 24.3 Å². The Labute approximate surface area is 176 Å². The summed E-state index contributed by atoms with van der Waals surface area (Å²) >= 11 is 0. The SMILES string of the molecule is CCOC(=O)c1cn(CC(O)Cn2c([N+](=O)[O-])cnc2C)c2ccc(OC)cc2c1=O. The summed E-state index contributed by atoms with van der Waals surface area (Å²) in [5.74, 6) is -0.199. The molecule has 0 radical (unpaired) electrons. The van der Waals surface area contributed by atoms with Gasteiger partial charge in [-0.25, -0.2) is 14.3 Å². The monoisotopic (exact) mass is 430 g/mol. The number of fused-ring (bicyclic) bond motifs is 1. The first-order valence-electron chi connectivity index (χ1n) is 9.49. The van der Waals surface area contributed by atoms with Crippen molar-refractivity contribution in [2.45, 2.75) is 33.0 Å². The molecule has 2 aromatic heterocycles. The van der Waals surface area contributed by atoms with Crippen LogP contribution in [-0.4, -0.2) is 49.9 Å². The quantitative estimate of drug-likeness (QED) is 0.323. The largest absolute Gasteiger partial charge is 0.497 e. The summed E-state index contributed by atoms with van der Waals surface area (Å²) in [6, 6.07) is 4.80. The van der Waals surface area contributed by atoms with Crippen LogP contribution in [0.15, 0.2) is 35.4 Å². The van der Waals surface area contributed by atoms with Gasteiger partial charge in [-0.2, -0.15) is 0 Å². The van der Waals surface area contributed by atoms with Crippen molar-refractivity contribution in [3.63, 3.8) is 0 Å². The fourth-order valence-corrected chi connectivity index (χ4v) is 3.33. The third-order valence-corrected chi connectivity index (χ3v) is 4.80. The van der Waals surface area contributed by atoms with Gasteiger partial charge in [-0.15, -0.1) is 0 Å². The fourth-order valence-electron chi connectivity index (χ4n) is 3.33. The molecule has 1 aromatic carbocycles. The number of carbonyl (C=O) groups is 1. The van der Waals surface area contributed by atoms with Gasteiger partial charge < -0.3 is 29.3 Å². The van der Waals surface area contributed by atoms with Crippen LogP contribution < -0.4 is 10.2 Å². The number of ether oxygens (including phenoxy) is 2. The maximum absolute atomic E-state index is 12.9. The number of hydrogen-bond donors (Lipinski definition) is 1. The van der Waals surface area contributed by atoms with E-state index < -0.39 is 22.4 Å². The zero-order valence-corrected chi connectivity index (χ0v) is 17.3. The van der Waals surface area contributed by atoms with E-state index in [9.17, 15) is 24.8 Å². The van der Waals surface area contributed by atoms with Crippen LogP contribution in [0.1, 0.15) is 23.1 Å². The predicted molar refractivity (Wildman–Crippen MR) is 110 cm³/mol. The number of aryl methyl sites for hydroxylation is 1. The molecule has 0 spiro atoms. The molecule has 2 heterocycles. The normalized spacial score (nSPS) is 12.0. The molecule has 1 atom stereocenters. The lowest BCUT2D eigenvalue weighted by molar-refractivity contribution is -0.392. The summed E-state index contributed by atoms with van der Waals surface area (Å²) in [6.45, 7) is 3.19. The lowest BCUT2D eigenvalue weighted by Crippen LogP contribution is -2.26. The molecular formula is C20H22N4O7. The van der Waals surface area contributed by atoms with Crippen LogP contribution in [0.25, 0.3) is 10.9 Å². The number of rotatable bonds is 8. The van der Waals surface area contributed by atoms with Gasteiger partial charge in [-0.1, -0.05) is 0 Å². The molecule has 0 bridgehead atoms. The van der Waals surface area contributed by atoms with Gasteiger partial charge in [-0.3, -0.25) is 4.79 Å². The lowest BCUT2D eigenvalue weighted by Gasteiger charge is -2.17. The minimum Gasteiger partial charge on any atom is -0.497 e. The van der Waals surface area contributed by atoms with Crippen LogP contribution in [0.2, 0.25) is 0 Å². The molecule has 0 aliphatic heterocycles. The second-order valence-corrected chi connectivity index (χ2v) is 6.81. The summed E-state index contributed by atoms with van der Waals surface area (Å²) in [4.78, 5) is 39.7. The van der Waals surface area contributed by atoms with Crippen LogP contribution in [0.3, 0.4) is 0 Å². The van der Waals surface area contributed by atoms with E-state index >= 15 is 0 Å². The molecule has 0 aliphatic rings. The second-order valence-electron chi connectivity index (χ2n) is 6.81. The van der Waals surface area contributed by atoms with Crippen molar-refractivity contribution in [2.75, 3.05) is 13.7 Å². The number of pyridine rings is 1. The number of nitrogens with zero attached hydrogens (tertiary/aromatic N) is 4. The Balaban J connectivity index is 2.03. The zero-order valence-electron chi connectivity index (χ0n) is 17.3. The molecule has 3 rings (SSSR count). The molecular weight excluding hydrogens is 408 g/mol. The van der Waals surface area contributed by atoms with Gasteiger partial charge in [0.2, 0.25) is 5.43 Å². The van der Waals surface area contributed by atoms with Gasteiger partial charge >= 0.3 is 11.8 Å². The molecule has 11 heteroatoms. The Morgan fingerprint density at radius 2 is 2.10 bits per heavy atom. The van der Waals surface area contributed by atoms with E-state index in [1.807, 2.05) is 0 Å². The molecule has 3 aromatic rings. The standard InChI is InChI=1S/C20H22N4O7/c1-4-31-20(27)16-11-22(17-6-5-14(30-3)7-15(17)19(16)26)9-13(25)10-23-12(2)21-8-18(23)24(28)29/h5-8,11,13,25H,4,9-10H2,1-3H3. The van der Waals surface area contributed by atoms with Crippen LogP contribution >= 0.6 is 0 Å². The molecule has 0 saturated carbocycles. The van der Waals surface area contributed by atoms with Gasteiger partial charge in [0.1, 0.15) is 30.2 Å². The Kier molecular flexibility index (Phi) is 6.35. The highest BCUT2D eigenvalue weighted by Gasteiger charge is 2.23. The minimum atomic E-state index is -1.07. The third kappa shape index (κ3) is 4.40. The van der Waals surface area contributed by atoms with E-state index in [1.54, 1.807) is 30.5 Å². The maximum atomic E-state index is 12.9. The first kappa shape index (κ1) is 22.0. The highest BCUT2D eigenvalue weighted by Crippen LogP contribution is 2.21. The van der Waals surface area contributed by atoms with Crippen LogP contribution in [0.5, 0.6) is 5.75 Å². The number of esters is 1. The molecule has 164 valence electrons. The number of methoxy groups -OCH3 is 1. The zero-order chi connectivity index (χ0) is 22.7. The average Bonchev–Trinajstić information content (AvgIpc) is 3.10. The van der Waals surface area contributed by atoms with E-state index in [-0.39, 0.29) is 36.5 Å². The van der Waals surface area contributed by atoms with Gasteiger partial charge in [0.05, 0.1) is 31.2 Å². The van der Waals surface area contributed by atoms with E-state index in [0.717, 1.165) is 6.20 Å². The van der Waals surface area contributed by atoms with Crippen molar-refractivity contribution in [2.24, 2.45) is 0 Å². The predicted octanol–water partition coefficient (Wildman–Crippen LogP) is 1.66. The van der Waals surface area contributed by atoms with Gasteiger partial charge in [-0.05, 0) is 30.0 Å². The van der Waals surface area contributed by atoms with Crippen molar-refractivity contribution in [3.05, 3.63) is 62.3 Å². The number of nitro groups is 1. The Bertz CT molecular complexity index is 1200. The highest BCUT2D eigenvalue weighted by molar-refractivity contribution is 5.94. The summed E-state index contributed by atoms with van der Waals surface area (Å²) in [5, 5.41) is 22.1. The minimum absolute atomic E-state index is 0.0374.